The second-order valence-electron chi connectivity index (χ2n) is 7.51. The van der Waals surface area contributed by atoms with Crippen molar-refractivity contribution in [1.29, 1.82) is 0 Å². The first kappa shape index (κ1) is 19.5. The lowest BCUT2D eigenvalue weighted by atomic mass is 10.1. The van der Waals surface area contributed by atoms with Crippen molar-refractivity contribution in [2.45, 2.75) is 32.7 Å². The lowest BCUT2D eigenvalue weighted by molar-refractivity contribution is -0.910. The van der Waals surface area contributed by atoms with Gasteiger partial charge in [0.2, 0.25) is 0 Å². The van der Waals surface area contributed by atoms with Crippen LogP contribution >= 0.6 is 11.3 Å². The van der Waals surface area contributed by atoms with Crippen molar-refractivity contribution in [1.82, 2.24) is 4.98 Å². The first-order chi connectivity index (χ1) is 13.9. The number of quaternary nitrogens is 1. The average Bonchev–Trinajstić information content (AvgIpc) is 3.31. The number of nitrogens with zero attached hydrogens (tertiary/aromatic N) is 2. The molecule has 2 N–H and O–H groups in total. The number of fused-ring (bicyclic) bond motifs is 1. The molecule has 1 unspecified atom stereocenters. The second-order valence-corrected chi connectivity index (χ2v) is 8.57. The van der Waals surface area contributed by atoms with Gasteiger partial charge in [0.25, 0.3) is 11.6 Å². The summed E-state index contributed by atoms with van der Waals surface area (Å²) in [4.78, 5) is 29.6. The number of likely N-dealkylation sites (tertiary alicyclic amines) is 1. The summed E-state index contributed by atoms with van der Waals surface area (Å²) in [5.74, 6) is -0.204. The van der Waals surface area contributed by atoms with Gasteiger partial charge in [-0.25, -0.2) is 4.98 Å². The van der Waals surface area contributed by atoms with Gasteiger partial charge in [-0.2, -0.15) is 0 Å². The van der Waals surface area contributed by atoms with E-state index in [0.29, 0.717) is 5.69 Å². The zero-order valence-corrected chi connectivity index (χ0v) is 17.2. The predicted octanol–water partition coefficient (Wildman–Crippen LogP) is 3.18. The Morgan fingerprint density at radius 2 is 2.10 bits per heavy atom. The van der Waals surface area contributed by atoms with E-state index in [1.54, 1.807) is 24.3 Å². The second kappa shape index (κ2) is 7.88. The Balaban J connectivity index is 1.52. The van der Waals surface area contributed by atoms with Gasteiger partial charge in [-0.3, -0.25) is 14.9 Å². The van der Waals surface area contributed by atoms with Gasteiger partial charge >= 0.3 is 0 Å². The normalized spacial score (nSPS) is 18.8. The predicted molar refractivity (Wildman–Crippen MR) is 113 cm³/mol. The quantitative estimate of drug-likeness (QED) is 0.498. The van der Waals surface area contributed by atoms with E-state index in [-0.39, 0.29) is 24.2 Å². The van der Waals surface area contributed by atoms with Crippen molar-refractivity contribution in [2.24, 2.45) is 0 Å². The number of anilines is 1. The number of para-hydroxylation sites is 1. The van der Waals surface area contributed by atoms with Crippen LogP contribution in [0.1, 0.15) is 35.0 Å². The molecule has 0 saturated carbocycles. The Morgan fingerprint density at radius 1 is 1.31 bits per heavy atom. The molecule has 8 heteroatoms. The number of thiazole rings is 1. The van der Waals surface area contributed by atoms with Crippen LogP contribution in [0.25, 0.3) is 10.2 Å². The van der Waals surface area contributed by atoms with Crippen LogP contribution in [0.3, 0.4) is 0 Å². The summed E-state index contributed by atoms with van der Waals surface area (Å²) >= 11 is 1.69. The average molecular weight is 412 g/mol. The fourth-order valence-electron chi connectivity index (χ4n) is 3.96. The lowest BCUT2D eigenvalue weighted by Gasteiger charge is -2.19. The van der Waals surface area contributed by atoms with Crippen molar-refractivity contribution >= 4 is 38.8 Å². The summed E-state index contributed by atoms with van der Waals surface area (Å²) in [5.41, 5.74) is 2.86. The standard InChI is InChI=1S/C21H22N4O3S/c1-13-9-10-16(25(27)28)20(14(13)2)23-19(26)12-24-11-5-7-17(24)21-22-15-6-3-4-8-18(15)29-21/h3-4,6,8-10,17H,5,7,11-12H2,1-2H3,(H,23,26)/p+1/t17-/m1/s1. The number of carbonyl (C=O) groups excluding carboxylic acids is 1. The summed E-state index contributed by atoms with van der Waals surface area (Å²) < 4.78 is 1.16. The van der Waals surface area contributed by atoms with Gasteiger partial charge in [0.15, 0.2) is 11.6 Å². The molecule has 0 bridgehead atoms. The number of rotatable bonds is 5. The minimum atomic E-state index is -0.450. The van der Waals surface area contributed by atoms with Crippen molar-refractivity contribution < 1.29 is 14.6 Å². The van der Waals surface area contributed by atoms with Gasteiger partial charge in [0.1, 0.15) is 11.7 Å². The molecule has 2 atom stereocenters. The molecule has 1 aliphatic rings. The molecule has 0 spiro atoms. The molecule has 1 fully saturated rings. The largest absolute Gasteiger partial charge is 0.319 e. The molecule has 29 heavy (non-hydrogen) atoms. The molecule has 1 amide bonds. The number of aromatic nitrogens is 1. The zero-order valence-electron chi connectivity index (χ0n) is 16.4. The van der Waals surface area contributed by atoms with Gasteiger partial charge in [0.05, 0.1) is 21.7 Å². The first-order valence-electron chi connectivity index (χ1n) is 9.68. The summed E-state index contributed by atoms with van der Waals surface area (Å²) in [7, 11) is 0. The van der Waals surface area contributed by atoms with Gasteiger partial charge in [0, 0.05) is 18.9 Å². The van der Waals surface area contributed by atoms with E-state index in [9.17, 15) is 14.9 Å². The zero-order chi connectivity index (χ0) is 20.5. The minimum absolute atomic E-state index is 0.0689. The summed E-state index contributed by atoms with van der Waals surface area (Å²) in [5, 5.41) is 15.2. The molecule has 2 aromatic carbocycles. The maximum atomic E-state index is 12.8. The number of carbonyl (C=O) groups is 1. The van der Waals surface area contributed by atoms with Crippen LogP contribution in [0.5, 0.6) is 0 Å². The number of nitro groups is 1. The summed E-state index contributed by atoms with van der Waals surface area (Å²) in [6, 6.07) is 11.4. The first-order valence-corrected chi connectivity index (χ1v) is 10.5. The van der Waals surface area contributed by atoms with E-state index in [1.165, 1.54) is 6.07 Å². The molecular weight excluding hydrogens is 388 g/mol. The highest BCUT2D eigenvalue weighted by Crippen LogP contribution is 2.31. The fourth-order valence-corrected chi connectivity index (χ4v) is 5.12. The van der Waals surface area contributed by atoms with E-state index < -0.39 is 4.92 Å². The maximum absolute atomic E-state index is 12.8. The number of aryl methyl sites for hydroxylation is 1. The van der Waals surface area contributed by atoms with Gasteiger partial charge in [-0.05, 0) is 37.1 Å². The Labute approximate surface area is 172 Å². The Morgan fingerprint density at radius 3 is 2.86 bits per heavy atom. The van der Waals surface area contributed by atoms with E-state index in [0.717, 1.165) is 50.6 Å². The highest BCUT2D eigenvalue weighted by Gasteiger charge is 2.34. The van der Waals surface area contributed by atoms with Gasteiger partial charge in [-0.1, -0.05) is 18.2 Å². The Hall–Kier alpha value is -2.84. The fraction of sp³-hybridized carbons (Fsp3) is 0.333. The molecular formula is C21H23N4O3S+. The van der Waals surface area contributed by atoms with Gasteiger partial charge in [-0.15, -0.1) is 11.3 Å². The smallest absolute Gasteiger partial charge is 0.293 e. The van der Waals surface area contributed by atoms with Crippen LogP contribution in [0, 0.1) is 24.0 Å². The number of nitrogens with one attached hydrogen (secondary N) is 2. The van der Waals surface area contributed by atoms with E-state index in [1.807, 2.05) is 25.1 Å². The van der Waals surface area contributed by atoms with Crippen molar-refractivity contribution in [3.05, 3.63) is 62.6 Å². The third-order valence-corrected chi connectivity index (χ3v) is 6.80. The molecule has 4 rings (SSSR count). The number of benzene rings is 2. The number of nitro benzene ring substituents is 1. The van der Waals surface area contributed by atoms with Crippen LogP contribution in [-0.4, -0.2) is 28.9 Å². The molecule has 0 radical (unpaired) electrons. The van der Waals surface area contributed by atoms with Crippen molar-refractivity contribution in [3.8, 4) is 0 Å². The molecule has 1 saturated heterocycles. The van der Waals surface area contributed by atoms with Crippen LogP contribution in [0.2, 0.25) is 0 Å². The molecule has 7 nitrogen and oxygen atoms in total. The number of hydrogen-bond donors (Lipinski definition) is 2. The monoisotopic (exact) mass is 411 g/mol. The third-order valence-electron chi connectivity index (χ3n) is 5.65. The third kappa shape index (κ3) is 3.86. The molecule has 1 aliphatic heterocycles. The van der Waals surface area contributed by atoms with E-state index in [4.69, 9.17) is 4.98 Å². The Bertz CT molecular complexity index is 1060. The van der Waals surface area contributed by atoms with Crippen LogP contribution < -0.4 is 10.2 Å². The molecule has 1 aromatic heterocycles. The Kier molecular flexibility index (Phi) is 5.29. The lowest BCUT2D eigenvalue weighted by Crippen LogP contribution is -3.11. The number of hydrogen-bond acceptors (Lipinski definition) is 5. The highest BCUT2D eigenvalue weighted by molar-refractivity contribution is 7.18. The number of amides is 1. The van der Waals surface area contributed by atoms with Crippen molar-refractivity contribution in [3.63, 3.8) is 0 Å². The summed E-state index contributed by atoms with van der Waals surface area (Å²) in [6.45, 7) is 4.84. The van der Waals surface area contributed by atoms with Crippen LogP contribution in [0.4, 0.5) is 11.4 Å². The minimum Gasteiger partial charge on any atom is -0.319 e. The van der Waals surface area contributed by atoms with E-state index in [2.05, 4.69) is 11.4 Å². The molecule has 150 valence electrons. The van der Waals surface area contributed by atoms with Crippen LogP contribution in [-0.2, 0) is 4.79 Å². The molecule has 2 heterocycles. The molecule has 3 aromatic rings. The maximum Gasteiger partial charge on any atom is 0.293 e. The molecule has 0 aliphatic carbocycles. The topological polar surface area (TPSA) is 89.6 Å². The van der Waals surface area contributed by atoms with Crippen LogP contribution in [0.15, 0.2) is 36.4 Å². The SMILES string of the molecule is Cc1ccc([N+](=O)[O-])c(NC(=O)C[NH+]2CCC[C@@H]2c2nc3ccccc3s2)c1C. The van der Waals surface area contributed by atoms with Crippen molar-refractivity contribution in [2.75, 3.05) is 18.4 Å². The van der Waals surface area contributed by atoms with Gasteiger partial charge < -0.3 is 10.2 Å². The van der Waals surface area contributed by atoms with E-state index >= 15 is 0 Å². The highest BCUT2D eigenvalue weighted by atomic mass is 32.1. The summed E-state index contributed by atoms with van der Waals surface area (Å²) in [6.07, 6.45) is 2.03.